The number of amides is 1. The highest BCUT2D eigenvalue weighted by atomic mass is 32.1. The molecule has 15 heavy (non-hydrogen) atoms. The van der Waals surface area contributed by atoms with Crippen LogP contribution in [-0.2, 0) is 0 Å². The number of thiophene rings is 1. The van der Waals surface area contributed by atoms with Crippen LogP contribution in [0.3, 0.4) is 0 Å². The van der Waals surface area contributed by atoms with E-state index in [0.717, 1.165) is 18.0 Å². The largest absolute Gasteiger partial charge is 0.337 e. The average Bonchev–Trinajstić information content (AvgIpc) is 2.67. The molecule has 0 aromatic carbocycles. The van der Waals surface area contributed by atoms with Crippen molar-refractivity contribution in [3.63, 3.8) is 0 Å². The highest BCUT2D eigenvalue weighted by molar-refractivity contribution is 7.12. The molecule has 0 radical (unpaired) electrons. The second-order valence-electron chi connectivity index (χ2n) is 4.63. The Labute approximate surface area is 94.9 Å². The van der Waals surface area contributed by atoms with Gasteiger partial charge < -0.3 is 4.90 Å². The normalized spacial score (nSPS) is 26.7. The van der Waals surface area contributed by atoms with Gasteiger partial charge in [0.1, 0.15) is 0 Å². The first-order valence-electron chi connectivity index (χ1n) is 5.49. The Hall–Kier alpha value is -0.830. The second-order valence-corrected chi connectivity index (χ2v) is 5.58. The lowest BCUT2D eigenvalue weighted by Crippen LogP contribution is -2.42. The van der Waals surface area contributed by atoms with Crippen LogP contribution in [0.1, 0.15) is 29.9 Å². The second kappa shape index (κ2) is 4.35. The summed E-state index contributed by atoms with van der Waals surface area (Å²) in [6.07, 6.45) is 1.24. The summed E-state index contributed by atoms with van der Waals surface area (Å²) in [6.45, 7) is 6.29. The molecule has 1 aromatic rings. The molecule has 1 amide bonds. The van der Waals surface area contributed by atoms with E-state index in [4.69, 9.17) is 0 Å². The third-order valence-corrected chi connectivity index (χ3v) is 3.75. The molecule has 1 aromatic heterocycles. The lowest BCUT2D eigenvalue weighted by molar-refractivity contribution is 0.0628. The molecule has 0 saturated carbocycles. The first kappa shape index (κ1) is 10.7. The molecular weight excluding hydrogens is 206 g/mol. The van der Waals surface area contributed by atoms with Crippen molar-refractivity contribution in [3.05, 3.63) is 22.4 Å². The van der Waals surface area contributed by atoms with Crippen molar-refractivity contribution < 1.29 is 4.79 Å². The molecule has 0 N–H and O–H groups in total. The topological polar surface area (TPSA) is 20.3 Å². The molecule has 82 valence electrons. The Balaban J connectivity index is 2.07. The van der Waals surface area contributed by atoms with Crippen LogP contribution in [-0.4, -0.2) is 23.9 Å². The zero-order valence-corrected chi connectivity index (χ0v) is 10.1. The monoisotopic (exact) mass is 223 g/mol. The molecule has 0 bridgehead atoms. The van der Waals surface area contributed by atoms with Gasteiger partial charge in [0.2, 0.25) is 0 Å². The van der Waals surface area contributed by atoms with E-state index >= 15 is 0 Å². The highest BCUT2D eigenvalue weighted by Gasteiger charge is 2.26. The van der Waals surface area contributed by atoms with Crippen LogP contribution in [0.2, 0.25) is 0 Å². The molecule has 2 nitrogen and oxygen atoms in total. The Kier molecular flexibility index (Phi) is 3.10. The smallest absolute Gasteiger partial charge is 0.263 e. The number of likely N-dealkylation sites (tertiary alicyclic amines) is 1. The van der Waals surface area contributed by atoms with Crippen LogP contribution in [0.15, 0.2) is 17.5 Å². The van der Waals surface area contributed by atoms with Gasteiger partial charge in [-0.3, -0.25) is 4.79 Å². The summed E-state index contributed by atoms with van der Waals surface area (Å²) in [6, 6.07) is 3.85. The van der Waals surface area contributed by atoms with E-state index in [-0.39, 0.29) is 5.91 Å². The fourth-order valence-corrected chi connectivity index (χ4v) is 3.08. The van der Waals surface area contributed by atoms with Crippen LogP contribution in [0.5, 0.6) is 0 Å². The third kappa shape index (κ3) is 2.40. The van der Waals surface area contributed by atoms with Crippen LogP contribution in [0.25, 0.3) is 0 Å². The Morgan fingerprint density at radius 1 is 1.40 bits per heavy atom. The molecule has 1 aliphatic heterocycles. The van der Waals surface area contributed by atoms with Crippen LogP contribution >= 0.6 is 11.3 Å². The van der Waals surface area contributed by atoms with Gasteiger partial charge in [-0.1, -0.05) is 19.9 Å². The first-order valence-corrected chi connectivity index (χ1v) is 6.37. The maximum Gasteiger partial charge on any atom is 0.263 e. The summed E-state index contributed by atoms with van der Waals surface area (Å²) in [5.74, 6) is 1.48. The first-order chi connectivity index (χ1) is 7.16. The minimum Gasteiger partial charge on any atom is -0.337 e. The van der Waals surface area contributed by atoms with Gasteiger partial charge in [-0.25, -0.2) is 0 Å². The quantitative estimate of drug-likeness (QED) is 0.717. The van der Waals surface area contributed by atoms with E-state index in [1.54, 1.807) is 0 Å². The van der Waals surface area contributed by atoms with Gasteiger partial charge in [0.15, 0.2) is 0 Å². The van der Waals surface area contributed by atoms with E-state index in [1.165, 1.54) is 17.8 Å². The molecular formula is C12H17NOS. The summed E-state index contributed by atoms with van der Waals surface area (Å²) in [5, 5.41) is 1.96. The predicted octanol–water partition coefficient (Wildman–Crippen LogP) is 2.87. The van der Waals surface area contributed by atoms with Gasteiger partial charge in [-0.2, -0.15) is 0 Å². The minimum absolute atomic E-state index is 0.211. The van der Waals surface area contributed by atoms with E-state index in [2.05, 4.69) is 13.8 Å². The third-order valence-electron chi connectivity index (χ3n) is 2.89. The maximum absolute atomic E-state index is 12.1. The minimum atomic E-state index is 0.211. The fraction of sp³-hybridized carbons (Fsp3) is 0.583. The molecule has 2 heterocycles. The van der Waals surface area contributed by atoms with E-state index in [0.29, 0.717) is 11.8 Å². The van der Waals surface area contributed by atoms with Gasteiger partial charge in [0.05, 0.1) is 4.88 Å². The number of carbonyl (C=O) groups excluding carboxylic acids is 1. The number of rotatable bonds is 1. The van der Waals surface area contributed by atoms with Crippen molar-refractivity contribution in [2.45, 2.75) is 20.3 Å². The molecule has 3 heteroatoms. The van der Waals surface area contributed by atoms with Crippen molar-refractivity contribution in [2.75, 3.05) is 13.1 Å². The van der Waals surface area contributed by atoms with E-state index in [9.17, 15) is 4.79 Å². The fourth-order valence-electron chi connectivity index (χ4n) is 2.38. The zero-order valence-electron chi connectivity index (χ0n) is 9.27. The number of hydrogen-bond acceptors (Lipinski definition) is 2. The standard InChI is InChI=1S/C12H17NOS/c1-9-6-10(2)8-13(7-9)12(14)11-4-3-5-15-11/h3-5,9-10H,6-8H2,1-2H3/t9-,10-/m1/s1. The lowest BCUT2D eigenvalue weighted by Gasteiger charge is -2.34. The molecule has 0 aliphatic carbocycles. The van der Waals surface area contributed by atoms with Gasteiger partial charge in [-0.15, -0.1) is 11.3 Å². The number of nitrogens with zero attached hydrogens (tertiary/aromatic N) is 1. The van der Waals surface area contributed by atoms with Crippen molar-refractivity contribution in [1.82, 2.24) is 4.90 Å². The van der Waals surface area contributed by atoms with Crippen LogP contribution in [0, 0.1) is 11.8 Å². The number of piperidine rings is 1. The van der Waals surface area contributed by atoms with Gasteiger partial charge >= 0.3 is 0 Å². The van der Waals surface area contributed by atoms with Crippen molar-refractivity contribution in [2.24, 2.45) is 11.8 Å². The Bertz CT molecular complexity index is 323. The lowest BCUT2D eigenvalue weighted by atomic mass is 9.92. The molecule has 0 unspecified atom stereocenters. The zero-order chi connectivity index (χ0) is 10.8. The Morgan fingerprint density at radius 3 is 2.60 bits per heavy atom. The molecule has 0 spiro atoms. The van der Waals surface area contributed by atoms with Gasteiger partial charge in [-0.05, 0) is 29.7 Å². The number of hydrogen-bond donors (Lipinski definition) is 0. The van der Waals surface area contributed by atoms with Gasteiger partial charge in [0.25, 0.3) is 5.91 Å². The van der Waals surface area contributed by atoms with E-state index < -0.39 is 0 Å². The van der Waals surface area contributed by atoms with Crippen molar-refractivity contribution in [1.29, 1.82) is 0 Å². The Morgan fingerprint density at radius 2 is 2.07 bits per heavy atom. The summed E-state index contributed by atoms with van der Waals surface area (Å²) in [5.41, 5.74) is 0. The van der Waals surface area contributed by atoms with Gasteiger partial charge in [0, 0.05) is 13.1 Å². The molecule has 2 atom stereocenters. The summed E-state index contributed by atoms with van der Waals surface area (Å²) >= 11 is 1.54. The predicted molar refractivity (Wildman–Crippen MR) is 63.2 cm³/mol. The van der Waals surface area contributed by atoms with Crippen LogP contribution < -0.4 is 0 Å². The van der Waals surface area contributed by atoms with Crippen molar-refractivity contribution >= 4 is 17.2 Å². The SMILES string of the molecule is C[C@@H]1C[C@@H](C)CN(C(=O)c2cccs2)C1. The number of carbonyl (C=O) groups is 1. The molecule has 1 aliphatic rings. The summed E-state index contributed by atoms with van der Waals surface area (Å²) < 4.78 is 0. The van der Waals surface area contributed by atoms with E-state index in [1.807, 2.05) is 22.4 Å². The average molecular weight is 223 g/mol. The van der Waals surface area contributed by atoms with Crippen molar-refractivity contribution in [3.8, 4) is 0 Å². The maximum atomic E-state index is 12.1. The molecule has 1 fully saturated rings. The molecule has 2 rings (SSSR count). The summed E-state index contributed by atoms with van der Waals surface area (Å²) in [7, 11) is 0. The molecule has 1 saturated heterocycles. The highest BCUT2D eigenvalue weighted by Crippen LogP contribution is 2.23. The van der Waals surface area contributed by atoms with Crippen LogP contribution in [0.4, 0.5) is 0 Å². The summed E-state index contributed by atoms with van der Waals surface area (Å²) in [4.78, 5) is 15.0.